The fourth-order valence-corrected chi connectivity index (χ4v) is 3.30. The van der Waals surface area contributed by atoms with Crippen LogP contribution in [0.15, 0.2) is 17.8 Å². The van der Waals surface area contributed by atoms with Gasteiger partial charge in [0.1, 0.15) is 17.2 Å². The fourth-order valence-electron chi connectivity index (χ4n) is 2.45. The third kappa shape index (κ3) is 3.93. The van der Waals surface area contributed by atoms with Crippen molar-refractivity contribution < 1.29 is 17.9 Å². The first-order valence-electron chi connectivity index (χ1n) is 7.30. The van der Waals surface area contributed by atoms with Crippen molar-refractivity contribution in [1.29, 1.82) is 0 Å². The summed E-state index contributed by atoms with van der Waals surface area (Å²) in [5, 5.41) is 1.55. The molecule has 1 saturated heterocycles. The van der Waals surface area contributed by atoms with Crippen molar-refractivity contribution in [2.45, 2.75) is 12.7 Å². The van der Waals surface area contributed by atoms with Crippen molar-refractivity contribution in [3.63, 3.8) is 0 Å². The van der Waals surface area contributed by atoms with Crippen LogP contribution in [0.5, 0.6) is 5.88 Å². The topological polar surface area (TPSA) is 54.4 Å². The first-order valence-corrected chi connectivity index (χ1v) is 8.18. The first-order chi connectivity index (χ1) is 11.5. The number of rotatable bonds is 4. The molecule has 0 radical (unpaired) electrons. The summed E-state index contributed by atoms with van der Waals surface area (Å²) in [6.07, 6.45) is -2.92. The summed E-state index contributed by atoms with van der Waals surface area (Å²) in [5.74, 6) is 1.29. The molecule has 0 N–H and O–H groups in total. The van der Waals surface area contributed by atoms with Crippen molar-refractivity contribution >= 4 is 17.2 Å². The third-order valence-electron chi connectivity index (χ3n) is 3.73. The zero-order valence-electron chi connectivity index (χ0n) is 13.0. The number of thiazole rings is 1. The Labute approximate surface area is 140 Å². The molecule has 10 heteroatoms. The Bertz CT molecular complexity index is 685. The maximum absolute atomic E-state index is 12.6. The molecule has 0 spiro atoms. The summed E-state index contributed by atoms with van der Waals surface area (Å²) in [6, 6.07) is 1.77. The van der Waals surface area contributed by atoms with Gasteiger partial charge in [0.2, 0.25) is 5.88 Å². The quantitative estimate of drug-likeness (QED) is 0.835. The van der Waals surface area contributed by atoms with Crippen LogP contribution in [-0.4, -0.2) is 53.1 Å². The van der Waals surface area contributed by atoms with Crippen molar-refractivity contribution in [2.24, 2.45) is 0 Å². The van der Waals surface area contributed by atoms with Gasteiger partial charge in [0.05, 0.1) is 13.7 Å². The molecule has 1 fully saturated rings. The predicted octanol–water partition coefficient (Wildman–Crippen LogP) is 2.28. The van der Waals surface area contributed by atoms with Crippen LogP contribution in [0.4, 0.5) is 19.0 Å². The number of hydrogen-bond donors (Lipinski definition) is 0. The van der Waals surface area contributed by atoms with Crippen molar-refractivity contribution in [3.05, 3.63) is 28.5 Å². The average Bonchev–Trinajstić information content (AvgIpc) is 3.04. The van der Waals surface area contributed by atoms with Crippen LogP contribution in [0.2, 0.25) is 0 Å². The second-order valence-electron chi connectivity index (χ2n) is 5.31. The second-order valence-corrected chi connectivity index (χ2v) is 6.25. The van der Waals surface area contributed by atoms with Gasteiger partial charge in [-0.3, -0.25) is 4.90 Å². The van der Waals surface area contributed by atoms with Crippen molar-refractivity contribution in [3.8, 4) is 5.88 Å². The molecule has 0 saturated carbocycles. The largest absolute Gasteiger partial charge is 0.481 e. The third-order valence-corrected chi connectivity index (χ3v) is 4.57. The standard InChI is InChI=1S/C14H16F3N5OS/c1-23-12-6-11(18-9-19-12)22-4-2-21(3-5-22)7-13-20-10(8-24-13)14(15,16)17/h6,8-9H,2-5,7H2,1H3. The molecular weight excluding hydrogens is 343 g/mol. The Balaban J connectivity index is 1.56. The van der Waals surface area contributed by atoms with E-state index in [1.165, 1.54) is 6.33 Å². The molecule has 1 aliphatic heterocycles. The number of anilines is 1. The molecular formula is C14H16F3N5OS. The number of nitrogens with zero attached hydrogens (tertiary/aromatic N) is 5. The molecule has 130 valence electrons. The van der Waals surface area contributed by atoms with E-state index < -0.39 is 11.9 Å². The van der Waals surface area contributed by atoms with Crippen molar-refractivity contribution in [2.75, 3.05) is 38.2 Å². The van der Waals surface area contributed by atoms with E-state index in [0.29, 0.717) is 17.4 Å². The van der Waals surface area contributed by atoms with E-state index in [1.807, 2.05) is 0 Å². The van der Waals surface area contributed by atoms with Gasteiger partial charge >= 0.3 is 6.18 Å². The van der Waals surface area contributed by atoms with Gasteiger partial charge in [0.25, 0.3) is 0 Å². The Morgan fingerprint density at radius 1 is 1.21 bits per heavy atom. The monoisotopic (exact) mass is 359 g/mol. The van der Waals surface area contributed by atoms with Crippen LogP contribution < -0.4 is 9.64 Å². The Hall–Kier alpha value is -1.94. The van der Waals surface area contributed by atoms with Crippen molar-refractivity contribution in [1.82, 2.24) is 19.9 Å². The van der Waals surface area contributed by atoms with Crippen LogP contribution in [0.3, 0.4) is 0 Å². The lowest BCUT2D eigenvalue weighted by molar-refractivity contribution is -0.140. The number of ether oxygens (including phenoxy) is 1. The van der Waals surface area contributed by atoms with E-state index in [-0.39, 0.29) is 0 Å². The number of piperazine rings is 1. The van der Waals surface area contributed by atoms with Crippen LogP contribution in [-0.2, 0) is 12.7 Å². The molecule has 0 aliphatic carbocycles. The number of methoxy groups -OCH3 is 1. The summed E-state index contributed by atoms with van der Waals surface area (Å²) in [4.78, 5) is 16.1. The summed E-state index contributed by atoms with van der Waals surface area (Å²) in [5.41, 5.74) is -0.811. The highest BCUT2D eigenvalue weighted by atomic mass is 32.1. The molecule has 0 atom stereocenters. The van der Waals surface area contributed by atoms with E-state index in [2.05, 4.69) is 24.8 Å². The van der Waals surface area contributed by atoms with E-state index in [4.69, 9.17) is 4.74 Å². The molecule has 2 aromatic rings. The molecule has 1 aliphatic rings. The molecule has 3 heterocycles. The van der Waals surface area contributed by atoms with Gasteiger partial charge in [0.15, 0.2) is 5.69 Å². The lowest BCUT2D eigenvalue weighted by Crippen LogP contribution is -2.46. The molecule has 0 aromatic carbocycles. The van der Waals surface area contributed by atoms with Crippen LogP contribution in [0, 0.1) is 0 Å². The van der Waals surface area contributed by atoms with Crippen LogP contribution >= 0.6 is 11.3 Å². The number of alkyl halides is 3. The highest BCUT2D eigenvalue weighted by Crippen LogP contribution is 2.30. The van der Waals surface area contributed by atoms with E-state index >= 15 is 0 Å². The van der Waals surface area contributed by atoms with E-state index in [1.54, 1.807) is 13.2 Å². The van der Waals surface area contributed by atoms with Gasteiger partial charge in [0, 0.05) is 37.6 Å². The molecule has 0 bridgehead atoms. The van der Waals surface area contributed by atoms with E-state index in [9.17, 15) is 13.2 Å². The van der Waals surface area contributed by atoms with Gasteiger partial charge in [-0.25, -0.2) is 15.0 Å². The summed E-state index contributed by atoms with van der Waals surface area (Å²) in [6.45, 7) is 3.36. The van der Waals surface area contributed by atoms with E-state index in [0.717, 1.165) is 48.7 Å². The molecule has 0 unspecified atom stereocenters. The normalized spacial score (nSPS) is 16.4. The zero-order chi connectivity index (χ0) is 17.2. The SMILES string of the molecule is COc1cc(N2CCN(Cc3nc(C(F)(F)F)cs3)CC2)ncn1. The maximum Gasteiger partial charge on any atom is 0.434 e. The average molecular weight is 359 g/mol. The van der Waals surface area contributed by atoms with Crippen LogP contribution in [0.1, 0.15) is 10.7 Å². The second kappa shape index (κ2) is 6.89. The van der Waals surface area contributed by atoms with Crippen LogP contribution in [0.25, 0.3) is 0 Å². The minimum Gasteiger partial charge on any atom is -0.481 e. The minimum absolute atomic E-state index is 0.432. The zero-order valence-corrected chi connectivity index (χ0v) is 13.8. The molecule has 0 amide bonds. The number of aromatic nitrogens is 3. The van der Waals surface area contributed by atoms with Gasteiger partial charge in [-0.15, -0.1) is 11.3 Å². The summed E-state index contributed by atoms with van der Waals surface area (Å²) < 4.78 is 42.8. The maximum atomic E-state index is 12.6. The highest BCUT2D eigenvalue weighted by Gasteiger charge is 2.33. The van der Waals surface area contributed by atoms with Gasteiger partial charge in [-0.05, 0) is 0 Å². The Kier molecular flexibility index (Phi) is 4.86. The molecule has 3 rings (SSSR count). The number of hydrogen-bond acceptors (Lipinski definition) is 7. The molecule has 2 aromatic heterocycles. The molecule has 24 heavy (non-hydrogen) atoms. The Morgan fingerprint density at radius 2 is 1.96 bits per heavy atom. The lowest BCUT2D eigenvalue weighted by atomic mass is 10.3. The highest BCUT2D eigenvalue weighted by molar-refractivity contribution is 7.09. The van der Waals surface area contributed by atoms with Gasteiger partial charge < -0.3 is 9.64 Å². The minimum atomic E-state index is -4.38. The smallest absolute Gasteiger partial charge is 0.434 e. The van der Waals surface area contributed by atoms with Gasteiger partial charge in [-0.1, -0.05) is 0 Å². The predicted molar refractivity (Wildman–Crippen MR) is 83.2 cm³/mol. The summed E-state index contributed by atoms with van der Waals surface area (Å²) >= 11 is 1.05. The fraction of sp³-hybridized carbons (Fsp3) is 0.500. The Morgan fingerprint density at radius 3 is 2.58 bits per heavy atom. The first kappa shape index (κ1) is 16.9. The molecule has 6 nitrogen and oxygen atoms in total. The summed E-state index contributed by atoms with van der Waals surface area (Å²) in [7, 11) is 1.55. The number of halogens is 3. The van der Waals surface area contributed by atoms with Gasteiger partial charge in [-0.2, -0.15) is 13.2 Å². The lowest BCUT2D eigenvalue weighted by Gasteiger charge is -2.34.